The zero-order chi connectivity index (χ0) is 22.1. The minimum atomic E-state index is -1.73. The van der Waals surface area contributed by atoms with E-state index in [2.05, 4.69) is 25.6 Å². The summed E-state index contributed by atoms with van der Waals surface area (Å²) in [6, 6.07) is 8.00. The highest BCUT2D eigenvalue weighted by Crippen LogP contribution is 2.61. The van der Waals surface area contributed by atoms with Gasteiger partial charge < -0.3 is 25.1 Å². The van der Waals surface area contributed by atoms with Crippen molar-refractivity contribution in [3.8, 4) is 10.6 Å². The summed E-state index contributed by atoms with van der Waals surface area (Å²) in [6.07, 6.45) is 2.72. The smallest absolute Gasteiger partial charge is 0.301 e. The van der Waals surface area contributed by atoms with E-state index in [-0.39, 0.29) is 24.3 Å². The molecule has 0 amide bonds. The molecule has 0 radical (unpaired) electrons. The number of nitrogens with one attached hydrogen (secondary N) is 2. The third-order valence-corrected chi connectivity index (χ3v) is 7.40. The summed E-state index contributed by atoms with van der Waals surface area (Å²) < 4.78 is 6.23. The van der Waals surface area contributed by atoms with Crippen LogP contribution in [0.15, 0.2) is 41.1 Å². The lowest BCUT2D eigenvalue weighted by Crippen LogP contribution is -2.51. The Balaban J connectivity index is 1.47. The molecule has 1 aromatic carbocycles. The molecule has 4 aromatic rings. The minimum Gasteiger partial charge on any atom is -0.432 e. The van der Waals surface area contributed by atoms with Gasteiger partial charge in [0, 0.05) is 5.92 Å². The summed E-state index contributed by atoms with van der Waals surface area (Å²) in [5, 5.41) is 38.9. The Labute approximate surface area is 186 Å². The van der Waals surface area contributed by atoms with Gasteiger partial charge >= 0.3 is 6.01 Å². The number of hydrogen-bond acceptors (Lipinski definition) is 11. The molecule has 0 bridgehead atoms. The van der Waals surface area contributed by atoms with Gasteiger partial charge in [0.25, 0.3) is 0 Å². The van der Waals surface area contributed by atoms with Crippen LogP contribution in [-0.2, 0) is 0 Å². The fraction of sp³-hybridized carbons (Fsp3) is 0.333. The number of rotatable bonds is 5. The van der Waals surface area contributed by atoms with Crippen LogP contribution in [0, 0.1) is 12.8 Å². The fourth-order valence-corrected chi connectivity index (χ4v) is 5.68. The van der Waals surface area contributed by atoms with Crippen LogP contribution >= 0.6 is 11.3 Å². The Morgan fingerprint density at radius 1 is 1.19 bits per heavy atom. The number of fused-ring (bicyclic) bond motifs is 2. The second kappa shape index (κ2) is 6.69. The fourth-order valence-electron chi connectivity index (χ4n) is 4.61. The monoisotopic (exact) mass is 452 g/mol. The molecular formula is C21H20N6O4S. The van der Waals surface area contributed by atoms with Crippen LogP contribution in [0.2, 0.25) is 0 Å². The van der Waals surface area contributed by atoms with Crippen LogP contribution in [-0.4, -0.2) is 52.7 Å². The lowest BCUT2D eigenvalue weighted by Gasteiger charge is -2.32. The molecule has 6 rings (SSSR count). The van der Waals surface area contributed by atoms with Crippen molar-refractivity contribution in [2.45, 2.75) is 37.2 Å². The van der Waals surface area contributed by atoms with Crippen molar-refractivity contribution in [2.24, 2.45) is 5.92 Å². The molecule has 3 aromatic heterocycles. The first-order chi connectivity index (χ1) is 15.4. The van der Waals surface area contributed by atoms with Crippen LogP contribution in [0.25, 0.3) is 20.8 Å². The lowest BCUT2D eigenvalue weighted by atomic mass is 10.0. The molecule has 0 aliphatic heterocycles. The van der Waals surface area contributed by atoms with E-state index in [1.165, 1.54) is 23.8 Å². The number of aromatic nitrogens is 4. The Bertz CT molecular complexity index is 1290. The second-order valence-electron chi connectivity index (χ2n) is 8.21. The van der Waals surface area contributed by atoms with Crippen LogP contribution in [0.5, 0.6) is 0 Å². The Morgan fingerprint density at radius 2 is 2.03 bits per heavy atom. The average molecular weight is 452 g/mol. The van der Waals surface area contributed by atoms with Crippen LogP contribution in [0.1, 0.15) is 18.5 Å². The molecule has 0 spiro atoms. The molecular weight excluding hydrogens is 432 g/mol. The predicted molar refractivity (Wildman–Crippen MR) is 117 cm³/mol. The number of thiazole rings is 1. The van der Waals surface area contributed by atoms with E-state index in [9.17, 15) is 15.3 Å². The molecule has 11 heteroatoms. The molecule has 2 aliphatic carbocycles. The third-order valence-electron chi connectivity index (χ3n) is 6.34. The molecule has 164 valence electrons. The number of para-hydroxylation sites is 1. The SMILES string of the molecule is Cc1nc(Nc2ncco2)nc(NC2(O)CCC3C(O)C32O)c1-c1nc2ccccc2s1. The first-order valence-electron chi connectivity index (χ1n) is 10.2. The number of anilines is 3. The highest BCUT2D eigenvalue weighted by atomic mass is 32.1. The summed E-state index contributed by atoms with van der Waals surface area (Å²) in [5.74, 6) is 0.138. The van der Waals surface area contributed by atoms with Crippen molar-refractivity contribution >= 4 is 39.3 Å². The van der Waals surface area contributed by atoms with Gasteiger partial charge in [-0.05, 0) is 31.9 Å². The first-order valence-corrected chi connectivity index (χ1v) is 11.0. The summed E-state index contributed by atoms with van der Waals surface area (Å²) in [5.41, 5.74) is -1.29. The number of aliphatic hydroxyl groups is 3. The quantitative estimate of drug-likeness (QED) is 0.286. The van der Waals surface area contributed by atoms with Crippen LogP contribution in [0.4, 0.5) is 17.8 Å². The van der Waals surface area contributed by atoms with Gasteiger partial charge in [0.2, 0.25) is 5.95 Å². The number of benzene rings is 1. The average Bonchev–Trinajstić information content (AvgIpc) is 3.24. The molecule has 4 atom stereocenters. The molecule has 32 heavy (non-hydrogen) atoms. The van der Waals surface area contributed by atoms with Gasteiger partial charge in [-0.15, -0.1) is 11.3 Å². The van der Waals surface area contributed by atoms with E-state index in [4.69, 9.17) is 9.40 Å². The highest BCUT2D eigenvalue weighted by Gasteiger charge is 2.78. The van der Waals surface area contributed by atoms with E-state index < -0.39 is 17.4 Å². The number of aryl methyl sites for hydroxylation is 1. The topological polar surface area (TPSA) is 149 Å². The van der Waals surface area contributed by atoms with Gasteiger partial charge in [-0.25, -0.2) is 15.0 Å². The van der Waals surface area contributed by atoms with Gasteiger partial charge in [-0.2, -0.15) is 4.98 Å². The van der Waals surface area contributed by atoms with Gasteiger partial charge in [-0.3, -0.25) is 5.32 Å². The molecule has 2 fully saturated rings. The lowest BCUT2D eigenvalue weighted by molar-refractivity contribution is -0.0851. The Kier molecular flexibility index (Phi) is 4.09. The summed E-state index contributed by atoms with van der Waals surface area (Å²) >= 11 is 1.48. The zero-order valence-electron chi connectivity index (χ0n) is 17.0. The van der Waals surface area contributed by atoms with Crippen molar-refractivity contribution in [3.05, 3.63) is 42.4 Å². The standard InChI is InChI=1S/C21H20N6O4S/c1-10-14(17-24-12-4-2-3-5-13(12)32-17)16(25-18(23-10)26-19-22-8-9-31-19)27-20(29)7-6-11-15(28)21(11,20)30/h2-5,8-9,11,15,28-30H,6-7H2,1H3,(H2,22,23,25,26,27). The van der Waals surface area contributed by atoms with Gasteiger partial charge in [0.05, 0.1) is 33.8 Å². The maximum Gasteiger partial charge on any atom is 0.301 e. The van der Waals surface area contributed by atoms with Gasteiger partial charge in [-0.1, -0.05) is 12.1 Å². The maximum atomic E-state index is 11.3. The number of oxazole rings is 1. The van der Waals surface area contributed by atoms with E-state index in [1.807, 2.05) is 31.2 Å². The van der Waals surface area contributed by atoms with E-state index in [1.54, 1.807) is 0 Å². The summed E-state index contributed by atoms with van der Waals surface area (Å²) in [4.78, 5) is 17.8. The molecule has 2 saturated carbocycles. The number of aliphatic hydroxyl groups excluding tert-OH is 1. The number of nitrogens with zero attached hydrogens (tertiary/aromatic N) is 4. The Morgan fingerprint density at radius 3 is 2.75 bits per heavy atom. The zero-order valence-corrected chi connectivity index (χ0v) is 17.8. The number of hydrogen-bond donors (Lipinski definition) is 5. The van der Waals surface area contributed by atoms with Crippen LogP contribution < -0.4 is 10.6 Å². The Hall–Kier alpha value is -3.12. The molecule has 2 aliphatic rings. The predicted octanol–water partition coefficient (Wildman–Crippen LogP) is 2.41. The van der Waals surface area contributed by atoms with Crippen molar-refractivity contribution in [3.63, 3.8) is 0 Å². The third kappa shape index (κ3) is 2.75. The normalized spacial score (nSPS) is 28.6. The largest absolute Gasteiger partial charge is 0.432 e. The maximum absolute atomic E-state index is 11.3. The van der Waals surface area contributed by atoms with Crippen LogP contribution in [0.3, 0.4) is 0 Å². The van der Waals surface area contributed by atoms with Crippen molar-refractivity contribution in [2.75, 3.05) is 10.6 Å². The van der Waals surface area contributed by atoms with E-state index in [0.717, 1.165) is 10.2 Å². The molecule has 0 saturated heterocycles. The molecule has 5 N–H and O–H groups in total. The molecule has 3 heterocycles. The molecule has 4 unspecified atom stereocenters. The van der Waals surface area contributed by atoms with E-state index >= 15 is 0 Å². The van der Waals surface area contributed by atoms with Crippen molar-refractivity contribution < 1.29 is 19.7 Å². The van der Waals surface area contributed by atoms with Crippen molar-refractivity contribution in [1.29, 1.82) is 0 Å². The summed E-state index contributed by atoms with van der Waals surface area (Å²) in [6.45, 7) is 1.82. The molecule has 10 nitrogen and oxygen atoms in total. The minimum absolute atomic E-state index is 0.207. The summed E-state index contributed by atoms with van der Waals surface area (Å²) in [7, 11) is 0. The first kappa shape index (κ1) is 19.6. The highest BCUT2D eigenvalue weighted by molar-refractivity contribution is 7.21. The van der Waals surface area contributed by atoms with Crippen molar-refractivity contribution in [1.82, 2.24) is 19.9 Å². The second-order valence-corrected chi connectivity index (χ2v) is 9.24. The van der Waals surface area contributed by atoms with Gasteiger partial charge in [0.1, 0.15) is 22.7 Å². The van der Waals surface area contributed by atoms with Gasteiger partial charge in [0.15, 0.2) is 5.72 Å². The van der Waals surface area contributed by atoms with E-state index in [0.29, 0.717) is 28.5 Å².